The molecule has 130 valence electrons. The van der Waals surface area contributed by atoms with Crippen LogP contribution < -0.4 is 10.1 Å². The molecular weight excluding hydrogens is 340 g/mol. The predicted octanol–water partition coefficient (Wildman–Crippen LogP) is 2.02. The van der Waals surface area contributed by atoms with Gasteiger partial charge < -0.3 is 15.2 Å². The topological polar surface area (TPSA) is 89.3 Å². The van der Waals surface area contributed by atoms with Gasteiger partial charge in [0.2, 0.25) is 0 Å². The van der Waals surface area contributed by atoms with Crippen LogP contribution in [0.25, 0.3) is 10.6 Å². The normalized spacial score (nSPS) is 12.0. The van der Waals surface area contributed by atoms with Crippen molar-refractivity contribution in [1.82, 2.24) is 20.1 Å². The van der Waals surface area contributed by atoms with Gasteiger partial charge in [-0.3, -0.25) is 9.48 Å². The maximum absolute atomic E-state index is 12.2. The monoisotopic (exact) mass is 358 g/mol. The van der Waals surface area contributed by atoms with Gasteiger partial charge in [-0.1, -0.05) is 12.1 Å². The molecule has 7 nitrogen and oxygen atoms in total. The first kappa shape index (κ1) is 17.1. The molecule has 0 aliphatic carbocycles. The number of benzene rings is 1. The maximum Gasteiger partial charge on any atom is 0.270 e. The summed E-state index contributed by atoms with van der Waals surface area (Å²) in [4.78, 5) is 16.5. The maximum atomic E-state index is 12.2. The minimum Gasteiger partial charge on any atom is -0.497 e. The highest BCUT2D eigenvalue weighted by Gasteiger charge is 2.15. The second kappa shape index (κ2) is 7.45. The number of aliphatic hydroxyl groups excluding tert-OH is 1. The molecule has 3 aromatic rings. The van der Waals surface area contributed by atoms with Crippen LogP contribution in [-0.4, -0.2) is 39.4 Å². The second-order valence-electron chi connectivity index (χ2n) is 5.44. The van der Waals surface area contributed by atoms with Crippen LogP contribution in [0, 0.1) is 0 Å². The van der Waals surface area contributed by atoms with Crippen LogP contribution in [0.3, 0.4) is 0 Å². The van der Waals surface area contributed by atoms with Crippen molar-refractivity contribution in [2.75, 3.05) is 13.7 Å². The number of hydrogen-bond acceptors (Lipinski definition) is 6. The van der Waals surface area contributed by atoms with E-state index in [1.807, 2.05) is 13.2 Å². The molecule has 1 amide bonds. The van der Waals surface area contributed by atoms with E-state index in [1.165, 1.54) is 11.3 Å². The molecule has 1 atom stereocenters. The number of carbonyl (C=O) groups excluding carboxylic acids is 1. The van der Waals surface area contributed by atoms with Crippen LogP contribution >= 0.6 is 11.3 Å². The van der Waals surface area contributed by atoms with E-state index in [2.05, 4.69) is 15.4 Å². The Morgan fingerprint density at radius 1 is 1.40 bits per heavy atom. The number of rotatable bonds is 6. The van der Waals surface area contributed by atoms with E-state index >= 15 is 0 Å². The molecule has 0 aliphatic heterocycles. The van der Waals surface area contributed by atoms with Crippen LogP contribution in [0.5, 0.6) is 5.75 Å². The van der Waals surface area contributed by atoms with Crippen molar-refractivity contribution in [2.45, 2.75) is 6.10 Å². The van der Waals surface area contributed by atoms with E-state index in [0.29, 0.717) is 17.0 Å². The van der Waals surface area contributed by atoms with Crippen LogP contribution in [0.1, 0.15) is 22.2 Å². The average Bonchev–Trinajstić information content (AvgIpc) is 3.28. The second-order valence-corrected chi connectivity index (χ2v) is 6.30. The van der Waals surface area contributed by atoms with Gasteiger partial charge >= 0.3 is 0 Å². The number of thiazole rings is 1. The van der Waals surface area contributed by atoms with Crippen molar-refractivity contribution in [3.05, 3.63) is 53.3 Å². The SMILES string of the molecule is COc1ccc(C(O)CNC(=O)c2csc(-c3cnn(C)c3)n2)cc1. The number of hydrogen-bond donors (Lipinski definition) is 2. The lowest BCUT2D eigenvalue weighted by Crippen LogP contribution is -2.28. The average molecular weight is 358 g/mol. The number of nitrogens with one attached hydrogen (secondary N) is 1. The highest BCUT2D eigenvalue weighted by atomic mass is 32.1. The zero-order chi connectivity index (χ0) is 17.8. The number of carbonyl (C=O) groups is 1. The van der Waals surface area contributed by atoms with Crippen molar-refractivity contribution in [2.24, 2.45) is 7.05 Å². The lowest BCUT2D eigenvalue weighted by Gasteiger charge is -2.12. The van der Waals surface area contributed by atoms with Gasteiger partial charge in [-0.05, 0) is 17.7 Å². The van der Waals surface area contributed by atoms with Crippen molar-refractivity contribution in [1.29, 1.82) is 0 Å². The molecule has 25 heavy (non-hydrogen) atoms. The molecule has 2 heterocycles. The summed E-state index contributed by atoms with van der Waals surface area (Å²) in [5.41, 5.74) is 1.89. The van der Waals surface area contributed by atoms with E-state index in [-0.39, 0.29) is 12.5 Å². The van der Waals surface area contributed by atoms with Crippen LogP contribution in [0.15, 0.2) is 42.0 Å². The Morgan fingerprint density at radius 2 is 2.16 bits per heavy atom. The Bertz CT molecular complexity index is 857. The molecule has 0 radical (unpaired) electrons. The lowest BCUT2D eigenvalue weighted by atomic mass is 10.1. The molecule has 0 aliphatic rings. The van der Waals surface area contributed by atoms with Crippen LogP contribution in [0.4, 0.5) is 0 Å². The van der Waals surface area contributed by atoms with Gasteiger partial charge in [0.1, 0.15) is 16.5 Å². The fourth-order valence-electron chi connectivity index (χ4n) is 2.27. The summed E-state index contributed by atoms with van der Waals surface area (Å²) in [6, 6.07) is 7.06. The third kappa shape index (κ3) is 4.04. The number of ether oxygens (including phenoxy) is 1. The summed E-state index contributed by atoms with van der Waals surface area (Å²) in [7, 11) is 3.41. The molecule has 3 rings (SSSR count). The number of aliphatic hydroxyl groups is 1. The van der Waals surface area contributed by atoms with E-state index in [0.717, 1.165) is 10.6 Å². The van der Waals surface area contributed by atoms with Gasteiger partial charge in [-0.25, -0.2) is 4.98 Å². The van der Waals surface area contributed by atoms with Gasteiger partial charge in [-0.15, -0.1) is 11.3 Å². The van der Waals surface area contributed by atoms with E-state index in [4.69, 9.17) is 4.74 Å². The third-order valence-electron chi connectivity index (χ3n) is 3.65. The molecule has 0 fully saturated rings. The summed E-state index contributed by atoms with van der Waals surface area (Å²) in [5, 5.41) is 19.4. The molecule has 0 saturated carbocycles. The smallest absolute Gasteiger partial charge is 0.270 e. The lowest BCUT2D eigenvalue weighted by molar-refractivity contribution is 0.0912. The van der Waals surface area contributed by atoms with Crippen molar-refractivity contribution in [3.8, 4) is 16.3 Å². The van der Waals surface area contributed by atoms with E-state index in [9.17, 15) is 9.90 Å². The van der Waals surface area contributed by atoms with Crippen LogP contribution in [0.2, 0.25) is 0 Å². The third-order valence-corrected chi connectivity index (χ3v) is 4.54. The first-order chi connectivity index (χ1) is 12.1. The highest BCUT2D eigenvalue weighted by Crippen LogP contribution is 2.23. The van der Waals surface area contributed by atoms with Crippen molar-refractivity contribution >= 4 is 17.2 Å². The molecule has 1 unspecified atom stereocenters. The van der Waals surface area contributed by atoms with Crippen molar-refractivity contribution < 1.29 is 14.6 Å². The minimum absolute atomic E-state index is 0.102. The molecule has 1 aromatic carbocycles. The molecule has 0 bridgehead atoms. The first-order valence-corrected chi connectivity index (χ1v) is 8.49. The summed E-state index contributed by atoms with van der Waals surface area (Å²) in [6.07, 6.45) is 2.74. The largest absolute Gasteiger partial charge is 0.497 e. The zero-order valence-electron chi connectivity index (χ0n) is 13.8. The molecule has 2 N–H and O–H groups in total. The van der Waals surface area contributed by atoms with Gasteiger partial charge in [0, 0.05) is 30.7 Å². The Labute approximate surface area is 148 Å². The predicted molar refractivity (Wildman–Crippen MR) is 94.6 cm³/mol. The molecule has 2 aromatic heterocycles. The van der Waals surface area contributed by atoms with Gasteiger partial charge in [-0.2, -0.15) is 5.10 Å². The fraction of sp³-hybridized carbons (Fsp3) is 0.235. The molecule has 0 saturated heterocycles. The fourth-order valence-corrected chi connectivity index (χ4v) is 3.04. The summed E-state index contributed by atoms with van der Waals surface area (Å²) in [5.74, 6) is 0.393. The standard InChI is InChI=1S/C17H18N4O3S/c1-21-9-12(7-19-21)17-20-14(10-25-17)16(23)18-8-15(22)11-3-5-13(24-2)6-4-11/h3-7,9-10,15,22H,8H2,1-2H3,(H,18,23). The first-order valence-electron chi connectivity index (χ1n) is 7.61. The molecule has 8 heteroatoms. The number of amides is 1. The van der Waals surface area contributed by atoms with Crippen LogP contribution in [-0.2, 0) is 7.05 Å². The Hall–Kier alpha value is -2.71. The molecule has 0 spiro atoms. The quantitative estimate of drug-likeness (QED) is 0.704. The Balaban J connectivity index is 1.59. The summed E-state index contributed by atoms with van der Waals surface area (Å²) < 4.78 is 6.76. The highest BCUT2D eigenvalue weighted by molar-refractivity contribution is 7.13. The zero-order valence-corrected chi connectivity index (χ0v) is 14.7. The van der Waals surface area contributed by atoms with Gasteiger partial charge in [0.15, 0.2) is 0 Å². The minimum atomic E-state index is -0.800. The Kier molecular flexibility index (Phi) is 5.11. The van der Waals surface area contributed by atoms with Gasteiger partial charge in [0.25, 0.3) is 5.91 Å². The van der Waals surface area contributed by atoms with E-state index < -0.39 is 6.10 Å². The summed E-state index contributed by atoms with van der Waals surface area (Å²) >= 11 is 1.38. The summed E-state index contributed by atoms with van der Waals surface area (Å²) in [6.45, 7) is 0.102. The number of nitrogens with zero attached hydrogens (tertiary/aromatic N) is 3. The molecular formula is C17H18N4O3S. The van der Waals surface area contributed by atoms with E-state index in [1.54, 1.807) is 47.6 Å². The Morgan fingerprint density at radius 3 is 2.80 bits per heavy atom. The number of methoxy groups -OCH3 is 1. The number of aromatic nitrogens is 3. The number of aryl methyl sites for hydroxylation is 1. The van der Waals surface area contributed by atoms with Gasteiger partial charge in [0.05, 0.1) is 19.4 Å². The van der Waals surface area contributed by atoms with Crippen molar-refractivity contribution in [3.63, 3.8) is 0 Å².